The molecule has 1 rings (SSSR count). The molecule has 12 heavy (non-hydrogen) atoms. The van der Waals surface area contributed by atoms with Crippen LogP contribution in [0.1, 0.15) is 18.4 Å². The highest BCUT2D eigenvalue weighted by Gasteiger charge is 2.10. The lowest BCUT2D eigenvalue weighted by atomic mass is 10.0. The number of hydrogen-bond acceptors (Lipinski definition) is 1. The molecule has 0 heterocycles. The van der Waals surface area contributed by atoms with Gasteiger partial charge in [0.25, 0.3) is 0 Å². The minimum atomic E-state index is -0.630. The molecule has 0 amide bonds. The average Bonchev–Trinajstić information content (AvgIpc) is 2.08. The van der Waals surface area contributed by atoms with Gasteiger partial charge in [-0.2, -0.15) is 0 Å². The quantitative estimate of drug-likeness (QED) is 0.631. The second-order valence-electron chi connectivity index (χ2n) is 2.57. The molecule has 1 nitrogen and oxygen atoms in total. The van der Waals surface area contributed by atoms with E-state index in [4.69, 9.17) is 6.42 Å². The Balaban J connectivity index is 3.18. The summed E-state index contributed by atoms with van der Waals surface area (Å²) in [6.07, 6.45) is 5.14. The van der Waals surface area contributed by atoms with Gasteiger partial charge in [-0.3, -0.25) is 0 Å². The molecule has 0 radical (unpaired) electrons. The van der Waals surface area contributed by atoms with E-state index in [-0.39, 0.29) is 11.7 Å². The van der Waals surface area contributed by atoms with Gasteiger partial charge < -0.3 is 5.11 Å². The lowest BCUT2D eigenvalue weighted by molar-refractivity contribution is 0.425. The molecule has 1 atom stereocenters. The van der Waals surface area contributed by atoms with E-state index in [1.165, 1.54) is 12.1 Å². The van der Waals surface area contributed by atoms with Gasteiger partial charge in [-0.05, 0) is 13.0 Å². The summed E-state index contributed by atoms with van der Waals surface area (Å²) in [5.74, 6) is 1.18. The minimum absolute atomic E-state index is 0.263. The molecule has 2 heteroatoms. The summed E-state index contributed by atoms with van der Waals surface area (Å²) in [4.78, 5) is 0. The molecule has 0 bridgehead atoms. The number of benzene rings is 1. The highest BCUT2D eigenvalue weighted by atomic mass is 19.1. The zero-order valence-corrected chi connectivity index (χ0v) is 6.71. The van der Waals surface area contributed by atoms with Gasteiger partial charge in [0.15, 0.2) is 11.6 Å². The monoisotopic (exact) mass is 164 g/mol. The van der Waals surface area contributed by atoms with Crippen molar-refractivity contribution in [3.05, 3.63) is 29.6 Å². The number of aromatic hydroxyl groups is 1. The number of halogens is 1. The molecule has 0 fully saturated rings. The Morgan fingerprint density at radius 3 is 2.83 bits per heavy atom. The normalized spacial score (nSPS) is 12.1. The van der Waals surface area contributed by atoms with Crippen molar-refractivity contribution < 1.29 is 9.50 Å². The third kappa shape index (κ3) is 1.40. The van der Waals surface area contributed by atoms with Crippen LogP contribution in [-0.4, -0.2) is 5.11 Å². The first kappa shape index (κ1) is 8.61. The van der Waals surface area contributed by atoms with Gasteiger partial charge in [0.05, 0.1) is 0 Å². The zero-order valence-electron chi connectivity index (χ0n) is 6.71. The highest BCUT2D eigenvalue weighted by molar-refractivity contribution is 5.39. The van der Waals surface area contributed by atoms with Gasteiger partial charge in [0.1, 0.15) is 0 Å². The SMILES string of the molecule is C#CC(C)c1cccc(F)c1O. The van der Waals surface area contributed by atoms with Crippen LogP contribution in [0.4, 0.5) is 4.39 Å². The van der Waals surface area contributed by atoms with E-state index in [0.717, 1.165) is 0 Å². The first-order valence-electron chi connectivity index (χ1n) is 3.60. The smallest absolute Gasteiger partial charge is 0.165 e. The summed E-state index contributed by atoms with van der Waals surface area (Å²) in [5.41, 5.74) is 0.456. The van der Waals surface area contributed by atoms with Crippen molar-refractivity contribution in [3.63, 3.8) is 0 Å². The average molecular weight is 164 g/mol. The molecule has 0 aromatic heterocycles. The van der Waals surface area contributed by atoms with Crippen molar-refractivity contribution in [1.29, 1.82) is 0 Å². The van der Waals surface area contributed by atoms with Gasteiger partial charge in [0.2, 0.25) is 0 Å². The fourth-order valence-corrected chi connectivity index (χ4v) is 0.971. The topological polar surface area (TPSA) is 20.2 Å². The molecule has 0 saturated heterocycles. The molecule has 1 unspecified atom stereocenters. The molecule has 0 aliphatic heterocycles. The van der Waals surface area contributed by atoms with Crippen LogP contribution in [-0.2, 0) is 0 Å². The third-order valence-electron chi connectivity index (χ3n) is 1.73. The lowest BCUT2D eigenvalue weighted by Crippen LogP contribution is -1.91. The summed E-state index contributed by atoms with van der Waals surface area (Å²) < 4.78 is 12.8. The summed E-state index contributed by atoms with van der Waals surface area (Å²) >= 11 is 0. The van der Waals surface area contributed by atoms with E-state index < -0.39 is 5.82 Å². The third-order valence-corrected chi connectivity index (χ3v) is 1.73. The first-order chi connectivity index (χ1) is 5.66. The molecule has 0 aliphatic rings. The summed E-state index contributed by atoms with van der Waals surface area (Å²) in [5, 5.41) is 9.23. The molecule has 1 aromatic rings. The van der Waals surface area contributed by atoms with Crippen molar-refractivity contribution in [2.24, 2.45) is 0 Å². The Kier molecular flexibility index (Phi) is 2.35. The predicted octanol–water partition coefficient (Wildman–Crippen LogP) is 2.27. The zero-order chi connectivity index (χ0) is 9.14. The maximum atomic E-state index is 12.8. The van der Waals surface area contributed by atoms with E-state index >= 15 is 0 Å². The van der Waals surface area contributed by atoms with E-state index in [1.54, 1.807) is 13.0 Å². The van der Waals surface area contributed by atoms with Crippen molar-refractivity contribution >= 4 is 0 Å². The lowest BCUT2D eigenvalue weighted by Gasteiger charge is -2.06. The molecule has 1 aromatic carbocycles. The first-order valence-corrected chi connectivity index (χ1v) is 3.60. The van der Waals surface area contributed by atoms with Crippen LogP contribution in [0, 0.1) is 18.2 Å². The molecule has 0 saturated carbocycles. The second-order valence-corrected chi connectivity index (χ2v) is 2.57. The Labute approximate surface area is 70.9 Å². The Morgan fingerprint density at radius 1 is 1.58 bits per heavy atom. The molecular formula is C10H9FO. The van der Waals surface area contributed by atoms with Gasteiger partial charge in [0, 0.05) is 11.5 Å². The standard InChI is InChI=1S/C10H9FO/c1-3-7(2)8-5-4-6-9(11)10(8)12/h1,4-7,12H,2H3. The predicted molar refractivity (Wildman–Crippen MR) is 45.3 cm³/mol. The Morgan fingerprint density at radius 2 is 2.25 bits per heavy atom. The fraction of sp³-hybridized carbons (Fsp3) is 0.200. The van der Waals surface area contributed by atoms with E-state index in [9.17, 15) is 9.50 Å². The summed E-state index contributed by atoms with van der Waals surface area (Å²) in [6.45, 7) is 1.73. The van der Waals surface area contributed by atoms with E-state index in [0.29, 0.717) is 5.56 Å². The van der Waals surface area contributed by atoms with Gasteiger partial charge >= 0.3 is 0 Å². The van der Waals surface area contributed by atoms with Gasteiger partial charge in [-0.1, -0.05) is 18.1 Å². The number of para-hydroxylation sites is 1. The fourth-order valence-electron chi connectivity index (χ4n) is 0.971. The maximum Gasteiger partial charge on any atom is 0.165 e. The number of terminal acetylenes is 1. The number of hydrogen-bond donors (Lipinski definition) is 1. The van der Waals surface area contributed by atoms with Crippen molar-refractivity contribution in [2.45, 2.75) is 12.8 Å². The van der Waals surface area contributed by atoms with Crippen LogP contribution in [0.3, 0.4) is 0 Å². The van der Waals surface area contributed by atoms with Crippen molar-refractivity contribution in [3.8, 4) is 18.1 Å². The van der Waals surface area contributed by atoms with Crippen LogP contribution in [0.15, 0.2) is 18.2 Å². The number of phenols is 1. The molecular weight excluding hydrogens is 155 g/mol. The Bertz CT molecular complexity index is 325. The molecule has 0 spiro atoms. The van der Waals surface area contributed by atoms with Crippen molar-refractivity contribution in [1.82, 2.24) is 0 Å². The van der Waals surface area contributed by atoms with E-state index in [1.807, 2.05) is 0 Å². The van der Waals surface area contributed by atoms with Crippen LogP contribution in [0.2, 0.25) is 0 Å². The second kappa shape index (κ2) is 3.27. The number of rotatable bonds is 1. The molecule has 0 aliphatic carbocycles. The van der Waals surface area contributed by atoms with Crippen LogP contribution >= 0.6 is 0 Å². The summed E-state index contributed by atoms with van der Waals surface area (Å²) in [7, 11) is 0. The minimum Gasteiger partial charge on any atom is -0.505 e. The molecule has 1 N–H and O–H groups in total. The van der Waals surface area contributed by atoms with Gasteiger partial charge in [-0.25, -0.2) is 4.39 Å². The highest BCUT2D eigenvalue weighted by Crippen LogP contribution is 2.27. The number of phenolic OH excluding ortho intramolecular Hbond substituents is 1. The Hall–Kier alpha value is -1.49. The van der Waals surface area contributed by atoms with Crippen LogP contribution < -0.4 is 0 Å². The maximum absolute atomic E-state index is 12.8. The van der Waals surface area contributed by atoms with Gasteiger partial charge in [-0.15, -0.1) is 6.42 Å². The summed E-state index contributed by atoms with van der Waals surface area (Å²) in [6, 6.07) is 4.34. The molecule has 62 valence electrons. The van der Waals surface area contributed by atoms with Crippen molar-refractivity contribution in [2.75, 3.05) is 0 Å². The van der Waals surface area contributed by atoms with Crippen LogP contribution in [0.5, 0.6) is 5.75 Å². The largest absolute Gasteiger partial charge is 0.505 e. The van der Waals surface area contributed by atoms with E-state index in [2.05, 4.69) is 5.92 Å². The van der Waals surface area contributed by atoms with Crippen LogP contribution in [0.25, 0.3) is 0 Å².